The van der Waals surface area contributed by atoms with Crippen molar-refractivity contribution in [1.29, 1.82) is 0 Å². The van der Waals surface area contributed by atoms with Crippen LogP contribution in [0, 0.1) is 11.7 Å². The van der Waals surface area contributed by atoms with Crippen molar-refractivity contribution in [3.63, 3.8) is 0 Å². The van der Waals surface area contributed by atoms with E-state index in [-0.39, 0.29) is 29.7 Å². The van der Waals surface area contributed by atoms with E-state index in [0.717, 1.165) is 12.1 Å². The molecule has 1 aromatic heterocycles. The largest absolute Gasteiger partial charge is 0.339 e. The molecule has 33 heavy (non-hydrogen) atoms. The molecular formula is C23H27FN4O4S. The summed E-state index contributed by atoms with van der Waals surface area (Å²) in [7, 11) is -3.79. The van der Waals surface area contributed by atoms with E-state index in [1.807, 2.05) is 12.1 Å². The van der Waals surface area contributed by atoms with E-state index in [1.54, 1.807) is 22.1 Å². The number of amides is 2. The number of benzene rings is 1. The first-order chi connectivity index (χ1) is 15.8. The molecule has 10 heteroatoms. The number of nitrogens with zero attached hydrogens (tertiary/aromatic N) is 4. The monoisotopic (exact) mass is 474 g/mol. The van der Waals surface area contributed by atoms with Crippen LogP contribution in [-0.2, 0) is 26.0 Å². The topological polar surface area (TPSA) is 90.9 Å². The minimum Gasteiger partial charge on any atom is -0.339 e. The fraction of sp³-hybridized carbons (Fsp3) is 0.435. The SMILES string of the molecule is O=C(Cc1ccccn1)N1CCN(C(=O)C2CCCN(S(=O)(=O)c3ccc(F)cc3)C2)CC1. The molecule has 1 aromatic carbocycles. The number of rotatable bonds is 5. The third-order valence-electron chi connectivity index (χ3n) is 6.19. The number of hydrogen-bond acceptors (Lipinski definition) is 5. The van der Waals surface area contributed by atoms with Crippen LogP contribution in [0.4, 0.5) is 4.39 Å². The van der Waals surface area contributed by atoms with Crippen LogP contribution < -0.4 is 0 Å². The van der Waals surface area contributed by atoms with Crippen molar-refractivity contribution in [3.8, 4) is 0 Å². The van der Waals surface area contributed by atoms with Crippen molar-refractivity contribution >= 4 is 21.8 Å². The van der Waals surface area contributed by atoms with Crippen molar-refractivity contribution in [2.45, 2.75) is 24.2 Å². The number of piperazine rings is 1. The van der Waals surface area contributed by atoms with Crippen molar-refractivity contribution in [3.05, 3.63) is 60.2 Å². The van der Waals surface area contributed by atoms with Gasteiger partial charge < -0.3 is 9.80 Å². The Morgan fingerprint density at radius 3 is 2.33 bits per heavy atom. The maximum Gasteiger partial charge on any atom is 0.243 e. The molecule has 2 amide bonds. The molecule has 0 spiro atoms. The predicted molar refractivity (Wildman–Crippen MR) is 119 cm³/mol. The van der Waals surface area contributed by atoms with E-state index in [9.17, 15) is 22.4 Å². The van der Waals surface area contributed by atoms with Gasteiger partial charge in [0.15, 0.2) is 0 Å². The van der Waals surface area contributed by atoms with Crippen LogP contribution in [0.2, 0.25) is 0 Å². The maximum atomic E-state index is 13.2. The lowest BCUT2D eigenvalue weighted by molar-refractivity contribution is -0.142. The Morgan fingerprint density at radius 1 is 0.970 bits per heavy atom. The van der Waals surface area contributed by atoms with Crippen molar-refractivity contribution in [2.24, 2.45) is 5.92 Å². The Balaban J connectivity index is 1.33. The predicted octanol–water partition coefficient (Wildman–Crippen LogP) is 1.53. The summed E-state index contributed by atoms with van der Waals surface area (Å²) >= 11 is 0. The Kier molecular flexibility index (Phi) is 7.04. The van der Waals surface area contributed by atoms with Gasteiger partial charge >= 0.3 is 0 Å². The summed E-state index contributed by atoms with van der Waals surface area (Å²) in [5.74, 6) is -1.02. The minimum atomic E-state index is -3.79. The molecule has 3 heterocycles. The highest BCUT2D eigenvalue weighted by Gasteiger charge is 2.36. The molecule has 2 fully saturated rings. The molecule has 1 unspecified atom stereocenters. The molecule has 4 rings (SSSR count). The Labute approximate surface area is 193 Å². The van der Waals surface area contributed by atoms with Gasteiger partial charge in [0.2, 0.25) is 21.8 Å². The van der Waals surface area contributed by atoms with Crippen LogP contribution in [0.25, 0.3) is 0 Å². The summed E-state index contributed by atoms with van der Waals surface area (Å²) in [5.41, 5.74) is 0.714. The van der Waals surface area contributed by atoms with Crippen molar-refractivity contribution < 1.29 is 22.4 Å². The first kappa shape index (κ1) is 23.3. The van der Waals surface area contributed by atoms with E-state index >= 15 is 0 Å². The van der Waals surface area contributed by atoms with Crippen LogP contribution >= 0.6 is 0 Å². The second-order valence-corrected chi connectivity index (χ2v) is 10.3. The summed E-state index contributed by atoms with van der Waals surface area (Å²) in [6.45, 7) is 2.18. The highest BCUT2D eigenvalue weighted by molar-refractivity contribution is 7.89. The standard InChI is InChI=1S/C23H27FN4O4S/c24-19-6-8-21(9-7-19)33(31,32)28-11-3-4-18(17-28)23(30)27-14-12-26(13-15-27)22(29)16-20-5-1-2-10-25-20/h1-2,5-10,18H,3-4,11-17H2. The molecule has 2 aliphatic rings. The Morgan fingerprint density at radius 2 is 1.67 bits per heavy atom. The van der Waals surface area contributed by atoms with Crippen LogP contribution in [0.1, 0.15) is 18.5 Å². The Hall–Kier alpha value is -2.85. The molecule has 8 nitrogen and oxygen atoms in total. The minimum absolute atomic E-state index is 0.0185. The molecule has 0 saturated carbocycles. The smallest absolute Gasteiger partial charge is 0.243 e. The number of halogens is 1. The number of hydrogen-bond donors (Lipinski definition) is 0. The fourth-order valence-corrected chi connectivity index (χ4v) is 5.85. The first-order valence-electron chi connectivity index (χ1n) is 11.1. The van der Waals surface area contributed by atoms with E-state index in [2.05, 4.69) is 4.98 Å². The molecule has 0 N–H and O–H groups in total. The van der Waals surface area contributed by atoms with Crippen LogP contribution in [0.3, 0.4) is 0 Å². The van der Waals surface area contributed by atoms with Gasteiger partial charge in [-0.3, -0.25) is 14.6 Å². The number of sulfonamides is 1. The summed E-state index contributed by atoms with van der Waals surface area (Å²) in [5, 5.41) is 0. The van der Waals surface area contributed by atoms with Crippen LogP contribution in [-0.4, -0.2) is 78.6 Å². The van der Waals surface area contributed by atoms with Gasteiger partial charge in [-0.1, -0.05) is 6.07 Å². The maximum absolute atomic E-state index is 13.2. The molecule has 2 saturated heterocycles. The molecule has 1 atom stereocenters. The lowest BCUT2D eigenvalue weighted by Crippen LogP contribution is -2.54. The average Bonchev–Trinajstić information content (AvgIpc) is 2.84. The van der Waals surface area contributed by atoms with Gasteiger partial charge in [-0.05, 0) is 49.2 Å². The van der Waals surface area contributed by atoms with Gasteiger partial charge in [0.05, 0.1) is 17.2 Å². The van der Waals surface area contributed by atoms with Crippen LogP contribution in [0.15, 0.2) is 53.6 Å². The van der Waals surface area contributed by atoms with Crippen LogP contribution in [0.5, 0.6) is 0 Å². The van der Waals surface area contributed by atoms with E-state index in [0.29, 0.717) is 51.3 Å². The second-order valence-electron chi connectivity index (χ2n) is 8.36. The lowest BCUT2D eigenvalue weighted by atomic mass is 9.97. The number of aromatic nitrogens is 1. The quantitative estimate of drug-likeness (QED) is 0.656. The van der Waals surface area contributed by atoms with Gasteiger partial charge in [0.25, 0.3) is 0 Å². The summed E-state index contributed by atoms with van der Waals surface area (Å²) in [6.07, 6.45) is 3.09. The highest BCUT2D eigenvalue weighted by Crippen LogP contribution is 2.25. The van der Waals surface area contributed by atoms with Gasteiger partial charge in [-0.15, -0.1) is 0 Å². The molecule has 0 aliphatic carbocycles. The normalized spacial score (nSPS) is 20.0. The summed E-state index contributed by atoms with van der Waals surface area (Å²) in [6, 6.07) is 10.2. The molecular weight excluding hydrogens is 447 g/mol. The van der Waals surface area contributed by atoms with Crippen molar-refractivity contribution in [2.75, 3.05) is 39.3 Å². The third-order valence-corrected chi connectivity index (χ3v) is 8.07. The third kappa shape index (κ3) is 5.39. The first-order valence-corrected chi connectivity index (χ1v) is 12.5. The van der Waals surface area contributed by atoms with Crippen molar-refractivity contribution in [1.82, 2.24) is 19.1 Å². The fourth-order valence-electron chi connectivity index (χ4n) is 4.32. The van der Waals surface area contributed by atoms with Gasteiger partial charge in [0.1, 0.15) is 5.82 Å². The number of pyridine rings is 1. The number of carbonyl (C=O) groups excluding carboxylic acids is 2. The van der Waals surface area contributed by atoms with Gasteiger partial charge in [0, 0.05) is 51.2 Å². The summed E-state index contributed by atoms with van der Waals surface area (Å²) in [4.78, 5) is 33.3. The zero-order valence-electron chi connectivity index (χ0n) is 18.3. The Bertz CT molecular complexity index is 1090. The molecule has 2 aliphatic heterocycles. The molecule has 0 bridgehead atoms. The molecule has 0 radical (unpaired) electrons. The zero-order chi connectivity index (χ0) is 23.4. The zero-order valence-corrected chi connectivity index (χ0v) is 19.1. The van der Waals surface area contributed by atoms with E-state index in [4.69, 9.17) is 0 Å². The van der Waals surface area contributed by atoms with E-state index < -0.39 is 21.8 Å². The molecule has 2 aromatic rings. The molecule has 176 valence electrons. The van der Waals surface area contributed by atoms with Gasteiger partial charge in [-0.2, -0.15) is 4.31 Å². The number of carbonyl (C=O) groups is 2. The highest BCUT2D eigenvalue weighted by atomic mass is 32.2. The lowest BCUT2D eigenvalue weighted by Gasteiger charge is -2.38. The summed E-state index contributed by atoms with van der Waals surface area (Å²) < 4.78 is 40.4. The van der Waals surface area contributed by atoms with Gasteiger partial charge in [-0.25, -0.2) is 12.8 Å². The second kappa shape index (κ2) is 9.96. The average molecular weight is 475 g/mol. The van der Waals surface area contributed by atoms with E-state index in [1.165, 1.54) is 16.4 Å². The number of piperidine rings is 1.